The summed E-state index contributed by atoms with van der Waals surface area (Å²) in [4.78, 5) is 26.1. The van der Waals surface area contributed by atoms with Gasteiger partial charge in [0.25, 0.3) is 5.91 Å². The minimum Gasteiger partial charge on any atom is -0.334 e. The fraction of sp³-hybridized carbons (Fsp3) is 0.467. The van der Waals surface area contributed by atoms with Crippen LogP contribution in [0.25, 0.3) is 0 Å². The number of carbonyl (C=O) groups excluding carboxylic acids is 2. The summed E-state index contributed by atoms with van der Waals surface area (Å²) in [6.07, 6.45) is 2.35. The molecule has 1 N–H and O–H groups in total. The van der Waals surface area contributed by atoms with Crippen molar-refractivity contribution in [3.63, 3.8) is 0 Å². The lowest BCUT2D eigenvalue weighted by atomic mass is 9.92. The van der Waals surface area contributed by atoms with Gasteiger partial charge in [-0.2, -0.15) is 0 Å². The Bertz CT molecular complexity index is 592. The second kappa shape index (κ2) is 3.67. The Morgan fingerprint density at radius 3 is 2.63 bits per heavy atom. The number of likely N-dealkylation sites (N-methyl/N-ethyl adjacent to an activating group) is 1. The lowest BCUT2D eigenvalue weighted by molar-refractivity contribution is -0.119. The van der Waals surface area contributed by atoms with Gasteiger partial charge < -0.3 is 4.90 Å². The van der Waals surface area contributed by atoms with Crippen molar-refractivity contribution in [2.75, 3.05) is 13.6 Å². The monoisotopic (exact) mass is 256 g/mol. The summed E-state index contributed by atoms with van der Waals surface area (Å²) in [6, 6.07) is 6.04. The molecule has 1 saturated heterocycles. The van der Waals surface area contributed by atoms with Gasteiger partial charge >= 0.3 is 0 Å². The molecule has 2 heterocycles. The highest BCUT2D eigenvalue weighted by atomic mass is 16.2. The number of nitrogens with zero attached hydrogens (tertiary/aromatic N) is 1. The molecule has 1 aromatic rings. The molecule has 4 heteroatoms. The van der Waals surface area contributed by atoms with Gasteiger partial charge in [0, 0.05) is 12.6 Å². The summed E-state index contributed by atoms with van der Waals surface area (Å²) in [6.45, 7) is 0.214. The van der Waals surface area contributed by atoms with Gasteiger partial charge in [-0.05, 0) is 29.9 Å². The standard InChI is InChI=1S/C15H16N2O2/c1-17-7-11(18)14-13(16-14)10-4-2-3-9(8-5-6-8)12(10)15(17)19/h2-4,8,13-14,16H,5-7H2,1H3. The van der Waals surface area contributed by atoms with Crippen LogP contribution in [0.5, 0.6) is 0 Å². The molecule has 0 spiro atoms. The van der Waals surface area contributed by atoms with Gasteiger partial charge in [0.2, 0.25) is 0 Å². The van der Waals surface area contributed by atoms with Crippen molar-refractivity contribution in [1.29, 1.82) is 0 Å². The number of carbonyl (C=O) groups is 2. The summed E-state index contributed by atoms with van der Waals surface area (Å²) in [5.74, 6) is 0.654. The lowest BCUT2D eigenvalue weighted by Crippen LogP contribution is -2.37. The zero-order valence-corrected chi connectivity index (χ0v) is 10.8. The van der Waals surface area contributed by atoms with Crippen molar-refractivity contribution in [2.24, 2.45) is 0 Å². The number of nitrogens with one attached hydrogen (secondary N) is 1. The average molecular weight is 256 g/mol. The molecular formula is C15H16N2O2. The summed E-state index contributed by atoms with van der Waals surface area (Å²) in [5.41, 5.74) is 3.04. The van der Waals surface area contributed by atoms with Crippen LogP contribution in [0.3, 0.4) is 0 Å². The third-order valence-electron chi connectivity index (χ3n) is 4.36. The van der Waals surface area contributed by atoms with Crippen molar-refractivity contribution in [3.8, 4) is 0 Å². The van der Waals surface area contributed by atoms with E-state index in [1.807, 2.05) is 12.1 Å². The Morgan fingerprint density at radius 2 is 1.89 bits per heavy atom. The van der Waals surface area contributed by atoms with E-state index < -0.39 is 0 Å². The van der Waals surface area contributed by atoms with E-state index in [1.165, 1.54) is 18.4 Å². The topological polar surface area (TPSA) is 59.3 Å². The first-order valence-corrected chi connectivity index (χ1v) is 6.84. The second-order valence-electron chi connectivity index (χ2n) is 5.84. The average Bonchev–Trinajstić information content (AvgIpc) is 3.28. The Morgan fingerprint density at radius 1 is 1.16 bits per heavy atom. The maximum atomic E-state index is 12.6. The number of benzene rings is 1. The molecule has 2 atom stereocenters. The number of ketones is 1. The van der Waals surface area contributed by atoms with E-state index in [-0.39, 0.29) is 30.3 Å². The van der Waals surface area contributed by atoms with Crippen LogP contribution in [0.1, 0.15) is 46.3 Å². The normalized spacial score (nSPS) is 29.4. The van der Waals surface area contributed by atoms with Gasteiger partial charge in [-0.1, -0.05) is 18.2 Å². The minimum absolute atomic E-state index is 0.00185. The van der Waals surface area contributed by atoms with Crippen molar-refractivity contribution < 1.29 is 9.59 Å². The fourth-order valence-corrected chi connectivity index (χ4v) is 3.11. The number of hydrogen-bond donors (Lipinski definition) is 1. The molecule has 2 unspecified atom stereocenters. The largest absolute Gasteiger partial charge is 0.334 e. The Labute approximate surface area is 111 Å². The predicted molar refractivity (Wildman–Crippen MR) is 70.0 cm³/mol. The van der Waals surface area contributed by atoms with E-state index in [0.29, 0.717) is 5.92 Å². The lowest BCUT2D eigenvalue weighted by Gasteiger charge is -2.22. The molecule has 98 valence electrons. The van der Waals surface area contributed by atoms with Gasteiger partial charge in [-0.3, -0.25) is 14.9 Å². The van der Waals surface area contributed by atoms with Crippen LogP contribution in [-0.4, -0.2) is 36.2 Å². The number of amides is 1. The van der Waals surface area contributed by atoms with Crippen LogP contribution >= 0.6 is 0 Å². The molecule has 0 aromatic heterocycles. The van der Waals surface area contributed by atoms with E-state index in [0.717, 1.165) is 11.1 Å². The van der Waals surface area contributed by atoms with E-state index in [4.69, 9.17) is 0 Å². The molecule has 19 heavy (non-hydrogen) atoms. The number of rotatable bonds is 1. The van der Waals surface area contributed by atoms with Gasteiger partial charge in [0.1, 0.15) is 0 Å². The fourth-order valence-electron chi connectivity index (χ4n) is 3.11. The first-order chi connectivity index (χ1) is 9.16. The Kier molecular flexibility index (Phi) is 2.16. The van der Waals surface area contributed by atoms with Crippen LogP contribution in [0.4, 0.5) is 0 Å². The maximum Gasteiger partial charge on any atom is 0.254 e. The van der Waals surface area contributed by atoms with Gasteiger partial charge in [0.15, 0.2) is 5.78 Å². The number of Topliss-reactive ketones (excluding diaryl/α,β-unsaturated/α-hetero) is 1. The highest BCUT2D eigenvalue weighted by Crippen LogP contribution is 2.45. The third-order valence-corrected chi connectivity index (χ3v) is 4.36. The highest BCUT2D eigenvalue weighted by Gasteiger charge is 2.47. The number of hydrogen-bond acceptors (Lipinski definition) is 3. The molecule has 2 fully saturated rings. The Balaban J connectivity index is 1.89. The first-order valence-electron chi connectivity index (χ1n) is 6.84. The van der Waals surface area contributed by atoms with E-state index in [9.17, 15) is 9.59 Å². The minimum atomic E-state index is -0.0937. The molecule has 1 aliphatic carbocycles. The molecule has 0 bridgehead atoms. The van der Waals surface area contributed by atoms with Gasteiger partial charge in [-0.15, -0.1) is 0 Å². The van der Waals surface area contributed by atoms with Crippen LogP contribution in [0, 0.1) is 0 Å². The molecule has 4 nitrogen and oxygen atoms in total. The highest BCUT2D eigenvalue weighted by molar-refractivity contribution is 6.03. The van der Waals surface area contributed by atoms with Crippen LogP contribution in [-0.2, 0) is 4.79 Å². The molecule has 0 radical (unpaired) electrons. The molecule has 2 aliphatic heterocycles. The second-order valence-corrected chi connectivity index (χ2v) is 5.84. The summed E-state index contributed by atoms with van der Waals surface area (Å²) in [5, 5.41) is 3.22. The predicted octanol–water partition coefficient (Wildman–Crippen LogP) is 1.23. The molecule has 1 amide bonds. The number of fused-ring (bicyclic) bond motifs is 3. The Hall–Kier alpha value is -1.68. The maximum absolute atomic E-state index is 12.6. The zero-order valence-electron chi connectivity index (χ0n) is 10.8. The SMILES string of the molecule is CN1CC(=O)C2NC2c2cccc(C3CC3)c2C1=O. The van der Waals surface area contributed by atoms with Crippen LogP contribution < -0.4 is 5.32 Å². The summed E-state index contributed by atoms with van der Waals surface area (Å²) >= 11 is 0. The smallest absolute Gasteiger partial charge is 0.254 e. The van der Waals surface area contributed by atoms with Crippen molar-refractivity contribution >= 4 is 11.7 Å². The molecule has 4 rings (SSSR count). The molecule has 1 saturated carbocycles. The van der Waals surface area contributed by atoms with Crippen molar-refractivity contribution in [1.82, 2.24) is 10.2 Å². The zero-order chi connectivity index (χ0) is 13.1. The quantitative estimate of drug-likeness (QED) is 0.769. The van der Waals surface area contributed by atoms with Crippen molar-refractivity contribution in [2.45, 2.75) is 30.8 Å². The van der Waals surface area contributed by atoms with Crippen LogP contribution in [0.2, 0.25) is 0 Å². The van der Waals surface area contributed by atoms with E-state index in [2.05, 4.69) is 11.4 Å². The van der Waals surface area contributed by atoms with E-state index >= 15 is 0 Å². The first kappa shape index (κ1) is 11.2. The molecule has 1 aromatic carbocycles. The van der Waals surface area contributed by atoms with Gasteiger partial charge in [0.05, 0.1) is 18.6 Å². The molecular weight excluding hydrogens is 240 g/mol. The molecule has 3 aliphatic rings. The summed E-state index contributed by atoms with van der Waals surface area (Å²) in [7, 11) is 1.72. The van der Waals surface area contributed by atoms with Crippen molar-refractivity contribution in [3.05, 3.63) is 34.9 Å². The van der Waals surface area contributed by atoms with E-state index in [1.54, 1.807) is 11.9 Å². The summed E-state index contributed by atoms with van der Waals surface area (Å²) < 4.78 is 0. The third kappa shape index (κ3) is 1.63. The van der Waals surface area contributed by atoms with Gasteiger partial charge in [-0.25, -0.2) is 0 Å². The van der Waals surface area contributed by atoms with Crippen LogP contribution in [0.15, 0.2) is 18.2 Å².